The van der Waals surface area contributed by atoms with E-state index >= 15 is 0 Å². The lowest BCUT2D eigenvalue weighted by molar-refractivity contribution is 0.301. The van der Waals surface area contributed by atoms with E-state index in [0.29, 0.717) is 15.8 Å². The van der Waals surface area contributed by atoms with Crippen LogP contribution in [0.25, 0.3) is 0 Å². The Balaban J connectivity index is 1.74. The summed E-state index contributed by atoms with van der Waals surface area (Å²) in [6, 6.07) is 13.5. The molecule has 0 aliphatic rings. The number of hydrogen-bond donors (Lipinski definition) is 1. The van der Waals surface area contributed by atoms with Crippen LogP contribution in [0.3, 0.4) is 0 Å². The number of pyridine rings is 1. The van der Waals surface area contributed by atoms with E-state index in [1.807, 2.05) is 18.2 Å². The Kier molecular flexibility index (Phi) is 5.48. The van der Waals surface area contributed by atoms with E-state index in [9.17, 15) is 8.42 Å². The molecule has 0 saturated heterocycles. The van der Waals surface area contributed by atoms with Crippen molar-refractivity contribution in [2.24, 2.45) is 0 Å². The zero-order chi connectivity index (χ0) is 17.9. The second-order valence-electron chi connectivity index (χ2n) is 4.93. The maximum absolute atomic E-state index is 12.4. The molecule has 130 valence electrons. The van der Waals surface area contributed by atoms with E-state index < -0.39 is 10.0 Å². The number of hydrogen-bond acceptors (Lipinski definition) is 5. The maximum Gasteiger partial charge on any atom is 0.264 e. The molecule has 9 heteroatoms. The van der Waals surface area contributed by atoms with E-state index in [1.165, 1.54) is 6.07 Å². The molecule has 0 fully saturated rings. The predicted octanol–water partition coefficient (Wildman–Crippen LogP) is 4.83. The topological polar surface area (TPSA) is 68.3 Å². The number of sulfonamides is 1. The van der Waals surface area contributed by atoms with E-state index in [1.54, 1.807) is 30.5 Å². The summed E-state index contributed by atoms with van der Waals surface area (Å²) in [6.07, 6.45) is 1.68. The summed E-state index contributed by atoms with van der Waals surface area (Å²) >= 11 is 12.7. The van der Waals surface area contributed by atoms with Gasteiger partial charge in [0.25, 0.3) is 10.0 Å². The highest BCUT2D eigenvalue weighted by Gasteiger charge is 2.21. The van der Waals surface area contributed by atoms with Gasteiger partial charge in [-0.05, 0) is 30.3 Å². The molecule has 0 aliphatic heterocycles. The molecule has 3 rings (SSSR count). The van der Waals surface area contributed by atoms with Gasteiger partial charge >= 0.3 is 0 Å². The van der Waals surface area contributed by atoms with Crippen molar-refractivity contribution in [3.05, 3.63) is 69.1 Å². The Labute approximate surface area is 159 Å². The zero-order valence-electron chi connectivity index (χ0n) is 12.6. The molecule has 5 nitrogen and oxygen atoms in total. The first kappa shape index (κ1) is 18.0. The second-order valence-corrected chi connectivity index (χ2v) is 8.87. The fourth-order valence-electron chi connectivity index (χ4n) is 2.01. The lowest BCUT2D eigenvalue weighted by Crippen LogP contribution is -2.12. The van der Waals surface area contributed by atoms with Gasteiger partial charge in [-0.25, -0.2) is 8.42 Å². The van der Waals surface area contributed by atoms with Crippen LogP contribution < -0.4 is 9.46 Å². The average molecular weight is 415 g/mol. The number of ether oxygens (including phenoxy) is 1. The largest absolute Gasteiger partial charge is 0.487 e. The fourth-order valence-corrected chi connectivity index (χ4v) is 5.21. The Morgan fingerprint density at radius 2 is 1.96 bits per heavy atom. The van der Waals surface area contributed by atoms with Gasteiger partial charge in [0.2, 0.25) is 0 Å². The van der Waals surface area contributed by atoms with Crippen molar-refractivity contribution in [2.75, 3.05) is 4.72 Å². The molecule has 2 heterocycles. The van der Waals surface area contributed by atoms with Gasteiger partial charge in [-0.15, -0.1) is 11.3 Å². The third-order valence-electron chi connectivity index (χ3n) is 3.11. The molecular formula is C16H12Cl2N2O3S2. The van der Waals surface area contributed by atoms with Crippen molar-refractivity contribution in [2.45, 2.75) is 11.5 Å². The van der Waals surface area contributed by atoms with Crippen molar-refractivity contribution < 1.29 is 13.2 Å². The molecule has 0 saturated carbocycles. The summed E-state index contributed by atoms with van der Waals surface area (Å²) in [7, 11) is -3.83. The minimum atomic E-state index is -3.83. The summed E-state index contributed by atoms with van der Waals surface area (Å²) < 4.78 is 33.4. The molecule has 3 aromatic rings. The molecule has 2 aromatic heterocycles. The van der Waals surface area contributed by atoms with Crippen LogP contribution in [0.5, 0.6) is 5.75 Å². The highest BCUT2D eigenvalue weighted by atomic mass is 35.5. The number of anilines is 1. The lowest BCUT2D eigenvalue weighted by atomic mass is 10.3. The molecule has 0 aliphatic carbocycles. The maximum atomic E-state index is 12.4. The summed E-state index contributed by atoms with van der Waals surface area (Å²) in [6.45, 7) is 0.281. The molecule has 0 unspecified atom stereocenters. The third-order valence-corrected chi connectivity index (χ3v) is 6.25. The minimum Gasteiger partial charge on any atom is -0.487 e. The van der Waals surface area contributed by atoms with Crippen LogP contribution in [0.15, 0.2) is 59.6 Å². The number of halogens is 2. The van der Waals surface area contributed by atoms with Crippen LogP contribution in [0.4, 0.5) is 5.69 Å². The van der Waals surface area contributed by atoms with Gasteiger partial charge in [0, 0.05) is 12.3 Å². The summed E-state index contributed by atoms with van der Waals surface area (Å²) in [5.74, 6) is 0.514. The number of nitrogens with zero attached hydrogens (tertiary/aromatic N) is 1. The highest BCUT2D eigenvalue weighted by Crippen LogP contribution is 2.35. The number of rotatable bonds is 6. The highest BCUT2D eigenvalue weighted by molar-refractivity contribution is 7.93. The van der Waals surface area contributed by atoms with E-state index in [2.05, 4.69) is 9.71 Å². The van der Waals surface area contributed by atoms with Gasteiger partial charge in [0.05, 0.1) is 15.7 Å². The van der Waals surface area contributed by atoms with Crippen LogP contribution in [0.2, 0.25) is 8.67 Å². The molecule has 0 radical (unpaired) electrons. The first-order chi connectivity index (χ1) is 11.9. The minimum absolute atomic E-state index is 0.0519. The van der Waals surface area contributed by atoms with Crippen LogP contribution in [-0.2, 0) is 16.6 Å². The van der Waals surface area contributed by atoms with E-state index in [0.717, 1.165) is 17.0 Å². The molecule has 1 aromatic carbocycles. The van der Waals surface area contributed by atoms with Crippen molar-refractivity contribution >= 4 is 50.2 Å². The van der Waals surface area contributed by atoms with Crippen molar-refractivity contribution in [1.82, 2.24) is 4.98 Å². The van der Waals surface area contributed by atoms with Crippen LogP contribution in [0, 0.1) is 0 Å². The van der Waals surface area contributed by atoms with Crippen LogP contribution in [-0.4, -0.2) is 13.4 Å². The van der Waals surface area contributed by atoms with Crippen LogP contribution in [0.1, 0.15) is 5.69 Å². The van der Waals surface area contributed by atoms with Gasteiger partial charge in [-0.1, -0.05) is 35.3 Å². The van der Waals surface area contributed by atoms with E-state index in [4.69, 9.17) is 27.9 Å². The molecular weight excluding hydrogens is 403 g/mol. The van der Waals surface area contributed by atoms with Gasteiger partial charge in [0.15, 0.2) is 0 Å². The van der Waals surface area contributed by atoms with Gasteiger partial charge in [-0.2, -0.15) is 0 Å². The molecule has 25 heavy (non-hydrogen) atoms. The standard InChI is InChI=1S/C16H12Cl2N2O3S2/c17-15-9-14(16(18)24-15)25(21,22)20-11-5-3-6-13(8-11)23-10-12-4-1-2-7-19-12/h1-9,20H,10H2. The summed E-state index contributed by atoms with van der Waals surface area (Å²) in [5.41, 5.74) is 1.13. The Bertz CT molecular complexity index is 976. The molecule has 0 amide bonds. The smallest absolute Gasteiger partial charge is 0.264 e. The molecule has 0 atom stereocenters. The normalized spacial score (nSPS) is 11.3. The first-order valence-corrected chi connectivity index (χ1v) is 10.1. The van der Waals surface area contributed by atoms with Crippen LogP contribution >= 0.6 is 34.5 Å². The summed E-state index contributed by atoms with van der Waals surface area (Å²) in [5, 5.41) is 0. The van der Waals surface area contributed by atoms with Gasteiger partial charge in [-0.3, -0.25) is 9.71 Å². The second kappa shape index (κ2) is 7.61. The van der Waals surface area contributed by atoms with Crippen molar-refractivity contribution in [3.63, 3.8) is 0 Å². The monoisotopic (exact) mass is 414 g/mol. The molecule has 1 N–H and O–H groups in total. The Morgan fingerprint density at radius 1 is 1.12 bits per heavy atom. The number of thiophene rings is 1. The number of aromatic nitrogens is 1. The quantitative estimate of drug-likeness (QED) is 0.626. The zero-order valence-corrected chi connectivity index (χ0v) is 15.8. The summed E-state index contributed by atoms with van der Waals surface area (Å²) in [4.78, 5) is 4.11. The Hall–Kier alpha value is -1.80. The van der Waals surface area contributed by atoms with Gasteiger partial charge < -0.3 is 4.74 Å². The SMILES string of the molecule is O=S(=O)(Nc1cccc(OCc2ccccn2)c1)c1cc(Cl)sc1Cl. The molecule has 0 bridgehead atoms. The predicted molar refractivity (Wildman–Crippen MR) is 100 cm³/mol. The molecule has 0 spiro atoms. The Morgan fingerprint density at radius 3 is 2.64 bits per heavy atom. The average Bonchev–Trinajstić information content (AvgIpc) is 2.93. The van der Waals surface area contributed by atoms with Crippen molar-refractivity contribution in [1.29, 1.82) is 0 Å². The lowest BCUT2D eigenvalue weighted by Gasteiger charge is -2.10. The first-order valence-electron chi connectivity index (χ1n) is 7.04. The number of nitrogens with one attached hydrogen (secondary N) is 1. The third kappa shape index (κ3) is 4.64. The van der Waals surface area contributed by atoms with Crippen molar-refractivity contribution in [3.8, 4) is 5.75 Å². The van der Waals surface area contributed by atoms with Gasteiger partial charge in [0.1, 0.15) is 21.6 Å². The fraction of sp³-hybridized carbons (Fsp3) is 0.0625. The number of benzene rings is 1. The van der Waals surface area contributed by atoms with E-state index in [-0.39, 0.29) is 15.8 Å².